The SMILES string of the molecule is CCNC(CC1CC(OCC)C1)c1ccc(C)c(C)c1. The van der Waals surface area contributed by atoms with Crippen molar-refractivity contribution in [2.45, 2.75) is 59.1 Å². The Bertz CT molecular complexity index is 423. The van der Waals surface area contributed by atoms with Gasteiger partial charge in [-0.3, -0.25) is 0 Å². The molecule has 1 N–H and O–H groups in total. The van der Waals surface area contributed by atoms with E-state index in [9.17, 15) is 0 Å². The van der Waals surface area contributed by atoms with E-state index >= 15 is 0 Å². The van der Waals surface area contributed by atoms with E-state index in [-0.39, 0.29) is 0 Å². The summed E-state index contributed by atoms with van der Waals surface area (Å²) >= 11 is 0. The standard InChI is InChI=1S/C18H29NO/c1-5-19-18(12-15-10-17(11-15)20-6-2)16-8-7-13(3)14(4)9-16/h7-9,15,17-19H,5-6,10-12H2,1-4H3. The largest absolute Gasteiger partial charge is 0.378 e. The average molecular weight is 275 g/mol. The maximum Gasteiger partial charge on any atom is 0.0580 e. The van der Waals surface area contributed by atoms with Crippen molar-refractivity contribution in [3.05, 3.63) is 34.9 Å². The first-order valence-corrected chi connectivity index (χ1v) is 8.06. The van der Waals surface area contributed by atoms with Crippen molar-refractivity contribution in [2.75, 3.05) is 13.2 Å². The Hall–Kier alpha value is -0.860. The predicted octanol–water partition coefficient (Wildman–Crippen LogP) is 4.16. The second-order valence-corrected chi connectivity index (χ2v) is 6.10. The van der Waals surface area contributed by atoms with E-state index in [0.29, 0.717) is 12.1 Å². The van der Waals surface area contributed by atoms with Crippen molar-refractivity contribution in [1.82, 2.24) is 5.32 Å². The monoisotopic (exact) mass is 275 g/mol. The molecule has 0 radical (unpaired) electrons. The highest BCUT2D eigenvalue weighted by Crippen LogP contribution is 2.37. The van der Waals surface area contributed by atoms with E-state index in [2.05, 4.69) is 51.2 Å². The molecule has 1 aliphatic carbocycles. The van der Waals surface area contributed by atoms with Crippen LogP contribution in [0.4, 0.5) is 0 Å². The zero-order valence-electron chi connectivity index (χ0n) is 13.4. The van der Waals surface area contributed by atoms with E-state index in [0.717, 1.165) is 19.1 Å². The van der Waals surface area contributed by atoms with Crippen LogP contribution in [0.25, 0.3) is 0 Å². The van der Waals surface area contributed by atoms with E-state index in [1.807, 2.05) is 0 Å². The number of nitrogens with one attached hydrogen (secondary N) is 1. The molecule has 1 atom stereocenters. The van der Waals surface area contributed by atoms with Gasteiger partial charge in [0.25, 0.3) is 0 Å². The molecule has 1 aliphatic rings. The fraction of sp³-hybridized carbons (Fsp3) is 0.667. The van der Waals surface area contributed by atoms with Gasteiger partial charge < -0.3 is 10.1 Å². The molecule has 1 aromatic carbocycles. The van der Waals surface area contributed by atoms with Crippen LogP contribution < -0.4 is 5.32 Å². The molecule has 0 spiro atoms. The minimum Gasteiger partial charge on any atom is -0.378 e. The number of rotatable bonds is 7. The Morgan fingerprint density at radius 3 is 2.55 bits per heavy atom. The molecule has 1 aromatic rings. The highest BCUT2D eigenvalue weighted by atomic mass is 16.5. The molecule has 1 fully saturated rings. The summed E-state index contributed by atoms with van der Waals surface area (Å²) in [6.07, 6.45) is 4.23. The Morgan fingerprint density at radius 1 is 1.20 bits per heavy atom. The molecule has 0 bridgehead atoms. The Morgan fingerprint density at radius 2 is 1.95 bits per heavy atom. The quantitative estimate of drug-likeness (QED) is 0.807. The fourth-order valence-electron chi connectivity index (χ4n) is 3.14. The zero-order valence-corrected chi connectivity index (χ0v) is 13.4. The smallest absolute Gasteiger partial charge is 0.0580 e. The molecule has 1 unspecified atom stereocenters. The van der Waals surface area contributed by atoms with Crippen LogP contribution in [0.5, 0.6) is 0 Å². The molecule has 0 amide bonds. The van der Waals surface area contributed by atoms with Crippen LogP contribution in [0.2, 0.25) is 0 Å². The minimum absolute atomic E-state index is 0.492. The molecule has 0 aliphatic heterocycles. The summed E-state index contributed by atoms with van der Waals surface area (Å²) in [5, 5.41) is 3.65. The van der Waals surface area contributed by atoms with E-state index < -0.39 is 0 Å². The first-order valence-electron chi connectivity index (χ1n) is 8.06. The molecule has 2 heteroatoms. The van der Waals surface area contributed by atoms with Crippen LogP contribution in [0.15, 0.2) is 18.2 Å². The molecular weight excluding hydrogens is 246 g/mol. The van der Waals surface area contributed by atoms with Crippen LogP contribution in [-0.2, 0) is 4.74 Å². The average Bonchev–Trinajstić information content (AvgIpc) is 2.38. The fourth-order valence-corrected chi connectivity index (χ4v) is 3.14. The summed E-state index contributed by atoms with van der Waals surface area (Å²) in [6, 6.07) is 7.38. The molecule has 0 saturated heterocycles. The molecule has 0 aromatic heterocycles. The van der Waals surface area contributed by atoms with Crippen LogP contribution in [0.3, 0.4) is 0 Å². The summed E-state index contributed by atoms with van der Waals surface area (Å²) in [4.78, 5) is 0. The van der Waals surface area contributed by atoms with Gasteiger partial charge in [-0.05, 0) is 69.2 Å². The highest BCUT2D eigenvalue weighted by molar-refractivity contribution is 5.31. The van der Waals surface area contributed by atoms with Gasteiger partial charge in [-0.25, -0.2) is 0 Å². The molecule has 112 valence electrons. The van der Waals surface area contributed by atoms with Crippen molar-refractivity contribution in [3.63, 3.8) is 0 Å². The summed E-state index contributed by atoms with van der Waals surface area (Å²) in [7, 11) is 0. The van der Waals surface area contributed by atoms with Crippen LogP contribution >= 0.6 is 0 Å². The Kier molecular flexibility index (Phi) is 5.62. The van der Waals surface area contributed by atoms with E-state index in [1.54, 1.807) is 0 Å². The lowest BCUT2D eigenvalue weighted by Crippen LogP contribution is -2.34. The lowest BCUT2D eigenvalue weighted by molar-refractivity contribution is -0.0291. The first kappa shape index (κ1) is 15.5. The van der Waals surface area contributed by atoms with Crippen LogP contribution in [0, 0.1) is 19.8 Å². The normalized spacial score (nSPS) is 23.4. The van der Waals surface area contributed by atoms with Gasteiger partial charge in [0.05, 0.1) is 6.10 Å². The van der Waals surface area contributed by atoms with Crippen molar-refractivity contribution in [2.24, 2.45) is 5.92 Å². The third-order valence-corrected chi connectivity index (χ3v) is 4.55. The van der Waals surface area contributed by atoms with Crippen LogP contribution in [-0.4, -0.2) is 19.3 Å². The Balaban J connectivity index is 1.95. The highest BCUT2D eigenvalue weighted by Gasteiger charge is 2.31. The summed E-state index contributed by atoms with van der Waals surface area (Å²) in [5.41, 5.74) is 4.21. The maximum atomic E-state index is 5.67. The van der Waals surface area contributed by atoms with Gasteiger partial charge in [-0.15, -0.1) is 0 Å². The molecule has 2 rings (SSSR count). The summed E-state index contributed by atoms with van der Waals surface area (Å²) in [6.45, 7) is 10.5. The third kappa shape index (κ3) is 3.83. The first-order chi connectivity index (χ1) is 9.63. The molecule has 2 nitrogen and oxygen atoms in total. The van der Waals surface area contributed by atoms with Crippen LogP contribution in [0.1, 0.15) is 55.8 Å². The topological polar surface area (TPSA) is 21.3 Å². The van der Waals surface area contributed by atoms with Gasteiger partial charge in [-0.2, -0.15) is 0 Å². The van der Waals surface area contributed by atoms with Crippen molar-refractivity contribution < 1.29 is 4.74 Å². The van der Waals surface area contributed by atoms with Crippen molar-refractivity contribution >= 4 is 0 Å². The van der Waals surface area contributed by atoms with Crippen molar-refractivity contribution in [1.29, 1.82) is 0 Å². The zero-order chi connectivity index (χ0) is 14.5. The number of aryl methyl sites for hydroxylation is 2. The molecule has 20 heavy (non-hydrogen) atoms. The number of benzene rings is 1. The van der Waals surface area contributed by atoms with Crippen molar-refractivity contribution in [3.8, 4) is 0 Å². The minimum atomic E-state index is 0.492. The lowest BCUT2D eigenvalue weighted by atomic mass is 9.77. The van der Waals surface area contributed by atoms with Gasteiger partial charge in [0.15, 0.2) is 0 Å². The van der Waals surface area contributed by atoms with Gasteiger partial charge in [0.1, 0.15) is 0 Å². The van der Waals surface area contributed by atoms with Gasteiger partial charge in [-0.1, -0.05) is 25.1 Å². The second kappa shape index (κ2) is 7.24. The van der Waals surface area contributed by atoms with Gasteiger partial charge in [0.2, 0.25) is 0 Å². The van der Waals surface area contributed by atoms with Gasteiger partial charge >= 0.3 is 0 Å². The molecular formula is C18H29NO. The lowest BCUT2D eigenvalue weighted by Gasteiger charge is -2.37. The summed E-state index contributed by atoms with van der Waals surface area (Å²) in [5.74, 6) is 0.817. The maximum absolute atomic E-state index is 5.67. The number of hydrogen-bond acceptors (Lipinski definition) is 2. The number of ether oxygens (including phenoxy) is 1. The van der Waals surface area contributed by atoms with E-state index in [1.165, 1.54) is 36.0 Å². The predicted molar refractivity (Wildman–Crippen MR) is 85.1 cm³/mol. The molecule has 1 saturated carbocycles. The van der Waals surface area contributed by atoms with E-state index in [4.69, 9.17) is 4.74 Å². The Labute approximate surface area is 123 Å². The molecule has 0 heterocycles. The summed E-state index contributed by atoms with van der Waals surface area (Å²) < 4.78 is 5.67. The second-order valence-electron chi connectivity index (χ2n) is 6.10. The van der Waals surface area contributed by atoms with Gasteiger partial charge in [0, 0.05) is 12.6 Å². The number of hydrogen-bond donors (Lipinski definition) is 1. The third-order valence-electron chi connectivity index (χ3n) is 4.55.